The summed E-state index contributed by atoms with van der Waals surface area (Å²) in [6.07, 6.45) is 0.868. The van der Waals surface area contributed by atoms with Gasteiger partial charge in [0.15, 0.2) is 0 Å². The lowest BCUT2D eigenvalue weighted by atomic mass is 10.2. The average molecular weight is 290 g/mol. The molecule has 21 heavy (non-hydrogen) atoms. The Labute approximate surface area is 124 Å². The van der Waals surface area contributed by atoms with Gasteiger partial charge in [0.05, 0.1) is 24.0 Å². The van der Waals surface area contributed by atoms with Crippen LogP contribution in [0.25, 0.3) is 0 Å². The van der Waals surface area contributed by atoms with Gasteiger partial charge < -0.3 is 16.0 Å². The molecule has 1 aliphatic rings. The van der Waals surface area contributed by atoms with Gasteiger partial charge in [0.2, 0.25) is 11.8 Å². The van der Waals surface area contributed by atoms with Crippen LogP contribution < -0.4 is 11.1 Å². The van der Waals surface area contributed by atoms with Gasteiger partial charge in [-0.25, -0.2) is 0 Å². The van der Waals surface area contributed by atoms with E-state index in [-0.39, 0.29) is 24.4 Å². The van der Waals surface area contributed by atoms with Gasteiger partial charge in [0.25, 0.3) is 0 Å². The normalized spacial score (nSPS) is 18.2. The number of nitrogens with zero attached hydrogens (tertiary/aromatic N) is 2. The van der Waals surface area contributed by atoms with Crippen molar-refractivity contribution in [3.8, 4) is 0 Å². The van der Waals surface area contributed by atoms with E-state index in [0.29, 0.717) is 11.4 Å². The molecule has 1 aromatic rings. The molecule has 0 bridgehead atoms. The second-order valence-corrected chi connectivity index (χ2v) is 5.39. The van der Waals surface area contributed by atoms with Crippen LogP contribution in [0, 0.1) is 0 Å². The maximum absolute atomic E-state index is 12.3. The number of benzene rings is 1. The van der Waals surface area contributed by atoms with Crippen molar-refractivity contribution in [3.05, 3.63) is 24.3 Å². The predicted molar refractivity (Wildman–Crippen MR) is 82.8 cm³/mol. The molecule has 2 rings (SSSR count). The molecule has 0 spiro atoms. The molecule has 1 fully saturated rings. The first-order valence-corrected chi connectivity index (χ1v) is 7.12. The van der Waals surface area contributed by atoms with Crippen LogP contribution in [0.15, 0.2) is 24.3 Å². The van der Waals surface area contributed by atoms with Crippen LogP contribution in [0.4, 0.5) is 11.4 Å². The molecule has 0 saturated carbocycles. The Hall–Kier alpha value is -2.08. The second kappa shape index (κ2) is 6.58. The van der Waals surface area contributed by atoms with Crippen molar-refractivity contribution in [1.29, 1.82) is 0 Å². The first-order chi connectivity index (χ1) is 9.99. The van der Waals surface area contributed by atoms with E-state index in [1.165, 1.54) is 0 Å². The van der Waals surface area contributed by atoms with Crippen LogP contribution in [-0.2, 0) is 9.59 Å². The summed E-state index contributed by atoms with van der Waals surface area (Å²) in [5, 5.41) is 2.82. The van der Waals surface area contributed by atoms with Gasteiger partial charge in [-0.3, -0.25) is 14.5 Å². The van der Waals surface area contributed by atoms with Crippen molar-refractivity contribution in [2.75, 3.05) is 37.7 Å². The van der Waals surface area contributed by atoms with Crippen molar-refractivity contribution < 1.29 is 9.59 Å². The van der Waals surface area contributed by atoms with Crippen LogP contribution in [0.1, 0.15) is 13.3 Å². The molecule has 1 saturated heterocycles. The third-order valence-corrected chi connectivity index (χ3v) is 3.85. The number of para-hydroxylation sites is 2. The van der Waals surface area contributed by atoms with E-state index in [9.17, 15) is 9.59 Å². The number of hydrogen-bond donors (Lipinski definition) is 2. The van der Waals surface area contributed by atoms with Gasteiger partial charge in [-0.15, -0.1) is 0 Å². The zero-order valence-electron chi connectivity index (χ0n) is 12.5. The Bertz CT molecular complexity index is 532. The molecular weight excluding hydrogens is 268 g/mol. The summed E-state index contributed by atoms with van der Waals surface area (Å²) in [7, 11) is 1.79. The highest BCUT2D eigenvalue weighted by molar-refractivity contribution is 5.97. The highest BCUT2D eigenvalue weighted by atomic mass is 16.2. The third-order valence-electron chi connectivity index (χ3n) is 3.85. The standard InChI is InChI=1S/C15H22N4O2/c1-11(19-9-5-8-18(2)14(20)10-19)15(21)17-13-7-4-3-6-12(13)16/h3-4,6-7,11H,5,8-10,16H2,1-2H3,(H,17,21). The monoisotopic (exact) mass is 290 g/mol. The van der Waals surface area contributed by atoms with Crippen LogP contribution in [-0.4, -0.2) is 54.3 Å². The Morgan fingerprint density at radius 2 is 2.05 bits per heavy atom. The number of nitrogens with one attached hydrogen (secondary N) is 1. The van der Waals surface area contributed by atoms with E-state index in [2.05, 4.69) is 5.32 Å². The fraction of sp³-hybridized carbons (Fsp3) is 0.467. The zero-order chi connectivity index (χ0) is 15.4. The van der Waals surface area contributed by atoms with E-state index in [1.807, 2.05) is 24.0 Å². The van der Waals surface area contributed by atoms with Crippen LogP contribution in [0.3, 0.4) is 0 Å². The zero-order valence-corrected chi connectivity index (χ0v) is 12.5. The van der Waals surface area contributed by atoms with Crippen molar-refractivity contribution in [1.82, 2.24) is 9.80 Å². The van der Waals surface area contributed by atoms with Crippen LogP contribution in [0.5, 0.6) is 0 Å². The summed E-state index contributed by atoms with van der Waals surface area (Å²) in [6, 6.07) is 6.77. The van der Waals surface area contributed by atoms with Crippen molar-refractivity contribution in [2.24, 2.45) is 0 Å². The average Bonchev–Trinajstić information content (AvgIpc) is 2.63. The van der Waals surface area contributed by atoms with Crippen LogP contribution >= 0.6 is 0 Å². The molecule has 1 unspecified atom stereocenters. The summed E-state index contributed by atoms with van der Waals surface area (Å²) in [5.41, 5.74) is 6.96. The number of likely N-dealkylation sites (N-methyl/N-ethyl adjacent to an activating group) is 1. The first-order valence-electron chi connectivity index (χ1n) is 7.12. The lowest BCUT2D eigenvalue weighted by Crippen LogP contribution is -2.45. The van der Waals surface area contributed by atoms with Crippen molar-refractivity contribution in [2.45, 2.75) is 19.4 Å². The van der Waals surface area contributed by atoms with Gasteiger partial charge in [-0.05, 0) is 25.5 Å². The second-order valence-electron chi connectivity index (χ2n) is 5.39. The quantitative estimate of drug-likeness (QED) is 0.806. The summed E-state index contributed by atoms with van der Waals surface area (Å²) >= 11 is 0. The van der Waals surface area contributed by atoms with E-state index in [1.54, 1.807) is 24.1 Å². The number of rotatable bonds is 3. The summed E-state index contributed by atoms with van der Waals surface area (Å²) in [5.74, 6) is -0.100. The molecule has 1 atom stereocenters. The number of anilines is 2. The molecule has 0 aromatic heterocycles. The van der Waals surface area contributed by atoms with E-state index in [4.69, 9.17) is 5.73 Å². The van der Waals surface area contributed by atoms with Gasteiger partial charge in [0, 0.05) is 20.1 Å². The molecule has 1 aliphatic heterocycles. The Morgan fingerprint density at radius 1 is 1.33 bits per heavy atom. The minimum absolute atomic E-state index is 0.0476. The first kappa shape index (κ1) is 15.3. The number of carbonyl (C=O) groups is 2. The molecule has 0 radical (unpaired) electrons. The minimum Gasteiger partial charge on any atom is -0.397 e. The van der Waals surface area contributed by atoms with Gasteiger partial charge >= 0.3 is 0 Å². The number of amides is 2. The lowest BCUT2D eigenvalue weighted by Gasteiger charge is -2.26. The Kier molecular flexibility index (Phi) is 4.80. The maximum Gasteiger partial charge on any atom is 0.241 e. The highest BCUT2D eigenvalue weighted by Crippen LogP contribution is 2.18. The third kappa shape index (κ3) is 3.72. The molecule has 1 aromatic carbocycles. The molecule has 114 valence electrons. The molecular formula is C15H22N4O2. The molecule has 0 aliphatic carbocycles. The number of hydrogen-bond acceptors (Lipinski definition) is 4. The van der Waals surface area contributed by atoms with Gasteiger partial charge in [-0.1, -0.05) is 12.1 Å². The van der Waals surface area contributed by atoms with E-state index in [0.717, 1.165) is 19.5 Å². The van der Waals surface area contributed by atoms with Gasteiger partial charge in [0.1, 0.15) is 0 Å². The summed E-state index contributed by atoms with van der Waals surface area (Å²) in [6.45, 7) is 3.55. The number of nitrogens with two attached hydrogens (primary N) is 1. The van der Waals surface area contributed by atoms with Crippen LogP contribution in [0.2, 0.25) is 0 Å². The summed E-state index contributed by atoms with van der Waals surface area (Å²) in [4.78, 5) is 27.8. The largest absolute Gasteiger partial charge is 0.397 e. The fourth-order valence-electron chi connectivity index (χ4n) is 2.35. The number of carbonyl (C=O) groups excluding carboxylic acids is 2. The Balaban J connectivity index is 2.02. The maximum atomic E-state index is 12.3. The van der Waals surface area contributed by atoms with E-state index < -0.39 is 0 Å². The van der Waals surface area contributed by atoms with E-state index >= 15 is 0 Å². The molecule has 3 N–H and O–H groups in total. The van der Waals surface area contributed by atoms with Crippen molar-refractivity contribution >= 4 is 23.2 Å². The Morgan fingerprint density at radius 3 is 2.76 bits per heavy atom. The summed E-state index contributed by atoms with van der Waals surface area (Å²) < 4.78 is 0. The smallest absolute Gasteiger partial charge is 0.241 e. The predicted octanol–water partition coefficient (Wildman–Crippen LogP) is 0.760. The fourth-order valence-corrected chi connectivity index (χ4v) is 2.35. The molecule has 6 heteroatoms. The lowest BCUT2D eigenvalue weighted by molar-refractivity contribution is -0.131. The molecule has 6 nitrogen and oxygen atoms in total. The minimum atomic E-state index is -0.375. The molecule has 1 heterocycles. The SMILES string of the molecule is CC(C(=O)Nc1ccccc1N)N1CCCN(C)C(=O)C1. The highest BCUT2D eigenvalue weighted by Gasteiger charge is 2.27. The molecule has 2 amide bonds. The topological polar surface area (TPSA) is 78.7 Å². The number of nitrogen functional groups attached to an aromatic ring is 1. The van der Waals surface area contributed by atoms with Crippen molar-refractivity contribution in [3.63, 3.8) is 0 Å². The van der Waals surface area contributed by atoms with Gasteiger partial charge in [-0.2, -0.15) is 0 Å².